The Morgan fingerprint density at radius 3 is 2.59 bits per heavy atom. The first kappa shape index (κ1) is 23.9. The molecule has 1 atom stereocenters. The Bertz CT molecular complexity index is 1100. The number of rotatable bonds is 6. The minimum atomic E-state index is -3.80. The van der Waals surface area contributed by atoms with Crippen LogP contribution in [0.2, 0.25) is 0 Å². The lowest BCUT2D eigenvalue weighted by molar-refractivity contribution is -0.136. The van der Waals surface area contributed by atoms with E-state index in [0.717, 1.165) is 24.5 Å². The standard InChI is InChI=1S/C23H28FN3O4S/c1-16-6-5-7-19(14-16)26-23(29)22(28)25-12-11-20-8-3-4-13-27(20)32(30,31)21-10-9-18(24)15-17(21)2/h5-7,9-10,14-15,20H,3-4,8,11-13H2,1-2H3,(H,25,28)(H,26,29)/t20-/m1/s1. The van der Waals surface area contributed by atoms with E-state index in [1.807, 2.05) is 13.0 Å². The highest BCUT2D eigenvalue weighted by Crippen LogP contribution is 2.28. The molecule has 2 aromatic carbocycles. The van der Waals surface area contributed by atoms with Gasteiger partial charge in [0.25, 0.3) is 0 Å². The third-order valence-electron chi connectivity index (χ3n) is 5.54. The van der Waals surface area contributed by atoms with Crippen LogP contribution in [-0.2, 0) is 19.6 Å². The maximum Gasteiger partial charge on any atom is 0.313 e. The van der Waals surface area contributed by atoms with Crippen molar-refractivity contribution in [3.63, 3.8) is 0 Å². The van der Waals surface area contributed by atoms with E-state index in [9.17, 15) is 22.4 Å². The van der Waals surface area contributed by atoms with Gasteiger partial charge >= 0.3 is 11.8 Å². The molecule has 9 heteroatoms. The van der Waals surface area contributed by atoms with Crippen LogP contribution in [0.5, 0.6) is 0 Å². The minimum Gasteiger partial charge on any atom is -0.348 e. The SMILES string of the molecule is Cc1cccc(NC(=O)C(=O)NCC[C@H]2CCCCN2S(=O)(=O)c2ccc(F)cc2C)c1. The molecule has 1 saturated heterocycles. The van der Waals surface area contributed by atoms with Gasteiger partial charge < -0.3 is 10.6 Å². The summed E-state index contributed by atoms with van der Waals surface area (Å²) in [4.78, 5) is 24.4. The van der Waals surface area contributed by atoms with Gasteiger partial charge in [0.1, 0.15) is 5.82 Å². The Morgan fingerprint density at radius 1 is 1.09 bits per heavy atom. The Hall–Kier alpha value is -2.78. The van der Waals surface area contributed by atoms with Crippen molar-refractivity contribution in [2.24, 2.45) is 0 Å². The van der Waals surface area contributed by atoms with E-state index in [1.165, 1.54) is 16.4 Å². The predicted octanol–water partition coefficient (Wildman–Crippen LogP) is 3.13. The second kappa shape index (κ2) is 10.2. The number of anilines is 1. The zero-order valence-corrected chi connectivity index (χ0v) is 19.0. The lowest BCUT2D eigenvalue weighted by atomic mass is 10.0. The molecule has 0 unspecified atom stereocenters. The van der Waals surface area contributed by atoms with Gasteiger partial charge in [-0.25, -0.2) is 12.8 Å². The first-order valence-corrected chi connectivity index (χ1v) is 12.1. The number of nitrogens with zero attached hydrogens (tertiary/aromatic N) is 1. The summed E-state index contributed by atoms with van der Waals surface area (Å²) in [5.41, 5.74) is 1.85. The van der Waals surface area contributed by atoms with Crippen molar-refractivity contribution in [2.45, 2.75) is 50.5 Å². The Morgan fingerprint density at radius 2 is 1.88 bits per heavy atom. The van der Waals surface area contributed by atoms with E-state index in [0.29, 0.717) is 30.6 Å². The molecule has 3 rings (SSSR count). The van der Waals surface area contributed by atoms with Crippen molar-refractivity contribution < 1.29 is 22.4 Å². The molecule has 172 valence electrons. The highest BCUT2D eigenvalue weighted by Gasteiger charge is 2.34. The number of carbonyl (C=O) groups excluding carboxylic acids is 2. The lowest BCUT2D eigenvalue weighted by Gasteiger charge is -2.35. The second-order valence-electron chi connectivity index (χ2n) is 8.04. The summed E-state index contributed by atoms with van der Waals surface area (Å²) in [6.07, 6.45) is 2.65. The number of benzene rings is 2. The van der Waals surface area contributed by atoms with E-state index in [1.54, 1.807) is 25.1 Å². The van der Waals surface area contributed by atoms with Crippen LogP contribution < -0.4 is 10.6 Å². The summed E-state index contributed by atoms with van der Waals surface area (Å²) in [5.74, 6) is -2.03. The third kappa shape index (κ3) is 5.72. The normalized spacial score (nSPS) is 17.0. The van der Waals surface area contributed by atoms with E-state index in [4.69, 9.17) is 0 Å². The molecule has 32 heavy (non-hydrogen) atoms. The number of piperidine rings is 1. The van der Waals surface area contributed by atoms with Crippen molar-refractivity contribution >= 4 is 27.5 Å². The smallest absolute Gasteiger partial charge is 0.313 e. The predicted molar refractivity (Wildman–Crippen MR) is 120 cm³/mol. The maximum absolute atomic E-state index is 13.4. The molecular formula is C23H28FN3O4S. The zero-order valence-electron chi connectivity index (χ0n) is 18.2. The zero-order chi connectivity index (χ0) is 23.3. The lowest BCUT2D eigenvalue weighted by Crippen LogP contribution is -2.46. The molecule has 7 nitrogen and oxygen atoms in total. The number of hydrogen-bond acceptors (Lipinski definition) is 4. The largest absolute Gasteiger partial charge is 0.348 e. The number of aryl methyl sites for hydroxylation is 2. The summed E-state index contributed by atoms with van der Waals surface area (Å²) in [6, 6.07) is 10.5. The van der Waals surface area contributed by atoms with E-state index in [-0.39, 0.29) is 17.5 Å². The molecule has 2 N–H and O–H groups in total. The molecule has 0 radical (unpaired) electrons. The highest BCUT2D eigenvalue weighted by atomic mass is 32.2. The molecule has 1 fully saturated rings. The summed E-state index contributed by atoms with van der Waals surface area (Å²) in [6.45, 7) is 3.99. The van der Waals surface area contributed by atoms with Gasteiger partial charge in [0.2, 0.25) is 10.0 Å². The van der Waals surface area contributed by atoms with Crippen molar-refractivity contribution in [3.05, 3.63) is 59.4 Å². The van der Waals surface area contributed by atoms with Crippen LogP contribution in [0.15, 0.2) is 47.4 Å². The number of amides is 2. The molecule has 0 saturated carbocycles. The van der Waals surface area contributed by atoms with Crippen molar-refractivity contribution in [1.29, 1.82) is 0 Å². The summed E-state index contributed by atoms with van der Waals surface area (Å²) in [7, 11) is -3.80. The maximum atomic E-state index is 13.4. The van der Waals surface area contributed by atoms with Crippen LogP contribution in [0.3, 0.4) is 0 Å². The van der Waals surface area contributed by atoms with Crippen LogP contribution in [0, 0.1) is 19.7 Å². The van der Waals surface area contributed by atoms with Gasteiger partial charge in [0.15, 0.2) is 0 Å². The van der Waals surface area contributed by atoms with Gasteiger partial charge in [-0.15, -0.1) is 0 Å². The number of sulfonamides is 1. The average molecular weight is 462 g/mol. The van der Waals surface area contributed by atoms with Crippen LogP contribution in [0.1, 0.15) is 36.8 Å². The van der Waals surface area contributed by atoms with Crippen molar-refractivity contribution in [1.82, 2.24) is 9.62 Å². The molecule has 0 aliphatic carbocycles. The summed E-state index contributed by atoms with van der Waals surface area (Å²) >= 11 is 0. The van der Waals surface area contributed by atoms with E-state index >= 15 is 0 Å². The van der Waals surface area contributed by atoms with Crippen LogP contribution in [0.25, 0.3) is 0 Å². The van der Waals surface area contributed by atoms with E-state index in [2.05, 4.69) is 10.6 Å². The molecule has 2 amide bonds. The monoisotopic (exact) mass is 461 g/mol. The quantitative estimate of drug-likeness (QED) is 0.646. The van der Waals surface area contributed by atoms with Gasteiger partial charge in [-0.2, -0.15) is 4.31 Å². The summed E-state index contributed by atoms with van der Waals surface area (Å²) in [5, 5.41) is 5.12. The van der Waals surface area contributed by atoms with Crippen LogP contribution in [-0.4, -0.2) is 43.7 Å². The Kier molecular flexibility index (Phi) is 7.63. The van der Waals surface area contributed by atoms with Gasteiger partial charge in [-0.3, -0.25) is 9.59 Å². The molecule has 0 bridgehead atoms. The molecule has 1 heterocycles. The second-order valence-corrected chi connectivity index (χ2v) is 9.90. The van der Waals surface area contributed by atoms with Crippen LogP contribution in [0.4, 0.5) is 10.1 Å². The van der Waals surface area contributed by atoms with Gasteiger partial charge in [-0.1, -0.05) is 18.6 Å². The number of hydrogen-bond donors (Lipinski definition) is 2. The van der Waals surface area contributed by atoms with Crippen molar-refractivity contribution in [2.75, 3.05) is 18.4 Å². The molecule has 1 aliphatic heterocycles. The van der Waals surface area contributed by atoms with Gasteiger partial charge in [0, 0.05) is 24.8 Å². The van der Waals surface area contributed by atoms with Crippen LogP contribution >= 0.6 is 0 Å². The molecule has 0 spiro atoms. The molecule has 1 aliphatic rings. The topological polar surface area (TPSA) is 95.6 Å². The Balaban J connectivity index is 1.60. The fraction of sp³-hybridized carbons (Fsp3) is 0.391. The first-order valence-electron chi connectivity index (χ1n) is 10.6. The number of carbonyl (C=O) groups is 2. The minimum absolute atomic E-state index is 0.0902. The first-order chi connectivity index (χ1) is 15.2. The molecule has 2 aromatic rings. The average Bonchev–Trinajstić information content (AvgIpc) is 2.73. The Labute approximate surface area is 188 Å². The molecule has 0 aromatic heterocycles. The highest BCUT2D eigenvalue weighted by molar-refractivity contribution is 7.89. The molecular weight excluding hydrogens is 433 g/mol. The number of nitrogens with one attached hydrogen (secondary N) is 2. The van der Waals surface area contributed by atoms with E-state index < -0.39 is 27.7 Å². The van der Waals surface area contributed by atoms with Crippen molar-refractivity contribution in [3.8, 4) is 0 Å². The van der Waals surface area contributed by atoms with Gasteiger partial charge in [0.05, 0.1) is 4.90 Å². The summed E-state index contributed by atoms with van der Waals surface area (Å²) < 4.78 is 41.3. The van der Waals surface area contributed by atoms with Gasteiger partial charge in [-0.05, 0) is 74.6 Å². The fourth-order valence-electron chi connectivity index (χ4n) is 3.95. The number of halogens is 1. The fourth-order valence-corrected chi connectivity index (χ4v) is 5.88. The third-order valence-corrected chi connectivity index (χ3v) is 7.65.